The number of aryl methyl sites for hydroxylation is 2. The zero-order chi connectivity index (χ0) is 29.0. The topological polar surface area (TPSA) is 0 Å². The van der Waals surface area contributed by atoms with Crippen LogP contribution in [0.5, 0.6) is 0 Å². The number of hydrogen-bond donors (Lipinski definition) is 0. The SMILES string of the molecule is CCCCc1ccc(-c2ccc(C=Cc3ccc(C=Cc4ccc(-c5ccc(CCCC)cc5)cc4)cc3)cc2)cc1. The van der Waals surface area contributed by atoms with Crippen molar-refractivity contribution >= 4 is 24.3 Å². The van der Waals surface area contributed by atoms with E-state index in [-0.39, 0.29) is 0 Å². The lowest BCUT2D eigenvalue weighted by Crippen LogP contribution is -1.85. The summed E-state index contributed by atoms with van der Waals surface area (Å²) in [4.78, 5) is 0. The third-order valence-corrected chi connectivity index (χ3v) is 7.91. The Morgan fingerprint density at radius 1 is 0.333 bits per heavy atom. The summed E-state index contributed by atoms with van der Waals surface area (Å²) in [5.74, 6) is 0. The molecule has 0 heteroatoms. The van der Waals surface area contributed by atoms with Gasteiger partial charge in [-0.2, -0.15) is 0 Å². The Balaban J connectivity index is 1.14. The molecular weight excluding hydrogens is 504 g/mol. The van der Waals surface area contributed by atoms with Crippen molar-refractivity contribution < 1.29 is 0 Å². The van der Waals surface area contributed by atoms with Crippen LogP contribution in [0, 0.1) is 0 Å². The monoisotopic (exact) mass is 546 g/mol. The Morgan fingerprint density at radius 2 is 0.571 bits per heavy atom. The molecule has 0 nitrogen and oxygen atoms in total. The highest BCUT2D eigenvalue weighted by atomic mass is 14.1. The molecule has 42 heavy (non-hydrogen) atoms. The van der Waals surface area contributed by atoms with Crippen molar-refractivity contribution in [2.24, 2.45) is 0 Å². The highest BCUT2D eigenvalue weighted by Crippen LogP contribution is 2.23. The molecule has 0 unspecified atom stereocenters. The van der Waals surface area contributed by atoms with Crippen LogP contribution in [0.25, 0.3) is 46.6 Å². The average molecular weight is 547 g/mol. The highest BCUT2D eigenvalue weighted by Gasteiger charge is 2.00. The van der Waals surface area contributed by atoms with Gasteiger partial charge in [-0.05, 0) is 81.3 Å². The summed E-state index contributed by atoms with van der Waals surface area (Å²) in [5.41, 5.74) is 12.7. The van der Waals surface area contributed by atoms with Crippen molar-refractivity contribution in [2.75, 3.05) is 0 Å². The maximum Gasteiger partial charge on any atom is -0.0184 e. The molecule has 5 aromatic carbocycles. The van der Waals surface area contributed by atoms with Gasteiger partial charge in [-0.25, -0.2) is 0 Å². The predicted octanol–water partition coefficient (Wildman–Crippen LogP) is 12.0. The quantitative estimate of drug-likeness (QED) is 0.137. The van der Waals surface area contributed by atoms with E-state index in [2.05, 4.69) is 159 Å². The second kappa shape index (κ2) is 15.0. The number of benzene rings is 5. The van der Waals surface area contributed by atoms with Crippen molar-refractivity contribution in [1.29, 1.82) is 0 Å². The first-order valence-corrected chi connectivity index (χ1v) is 15.5. The number of hydrogen-bond acceptors (Lipinski definition) is 0. The van der Waals surface area contributed by atoms with E-state index in [0.717, 1.165) is 0 Å². The minimum Gasteiger partial charge on any atom is -0.0654 e. The molecule has 5 rings (SSSR count). The van der Waals surface area contributed by atoms with E-state index in [9.17, 15) is 0 Å². The first-order chi connectivity index (χ1) is 20.7. The van der Waals surface area contributed by atoms with Crippen LogP contribution in [0.3, 0.4) is 0 Å². The van der Waals surface area contributed by atoms with Crippen LogP contribution in [-0.4, -0.2) is 0 Å². The lowest BCUT2D eigenvalue weighted by molar-refractivity contribution is 0.795. The van der Waals surface area contributed by atoms with Gasteiger partial charge in [0, 0.05) is 0 Å². The summed E-state index contributed by atoms with van der Waals surface area (Å²) in [7, 11) is 0. The van der Waals surface area contributed by atoms with Gasteiger partial charge in [0.2, 0.25) is 0 Å². The van der Waals surface area contributed by atoms with E-state index in [1.54, 1.807) is 0 Å². The Labute approximate surface area is 253 Å². The summed E-state index contributed by atoms with van der Waals surface area (Å²) in [6.45, 7) is 4.49. The van der Waals surface area contributed by atoms with Crippen molar-refractivity contribution in [3.05, 3.63) is 155 Å². The molecule has 0 radical (unpaired) electrons. The molecule has 0 aliphatic carbocycles. The molecule has 210 valence electrons. The number of unbranched alkanes of at least 4 members (excludes halogenated alkanes) is 2. The zero-order valence-corrected chi connectivity index (χ0v) is 25.1. The summed E-state index contributed by atoms with van der Waals surface area (Å²) < 4.78 is 0. The van der Waals surface area contributed by atoms with E-state index in [0.29, 0.717) is 0 Å². The first kappa shape index (κ1) is 29.1. The van der Waals surface area contributed by atoms with E-state index in [4.69, 9.17) is 0 Å². The summed E-state index contributed by atoms with van der Waals surface area (Å²) >= 11 is 0. The lowest BCUT2D eigenvalue weighted by atomic mass is 10.0. The molecule has 0 aliphatic rings. The van der Waals surface area contributed by atoms with E-state index < -0.39 is 0 Å². The summed E-state index contributed by atoms with van der Waals surface area (Å²) in [5, 5.41) is 0. The molecule has 0 bridgehead atoms. The van der Waals surface area contributed by atoms with Gasteiger partial charge >= 0.3 is 0 Å². The molecule has 0 saturated carbocycles. The standard InChI is InChI=1S/C42H42/c1-3-5-7-33-17-25-39(26-18-33)41-29-21-37(22-30-41)15-13-35-9-11-36(12-10-35)14-16-38-23-31-42(32-24-38)40-27-19-34(20-28-40)8-6-4-2/h9-32H,3-8H2,1-2H3. The van der Waals surface area contributed by atoms with Gasteiger partial charge in [-0.15, -0.1) is 0 Å². The van der Waals surface area contributed by atoms with Gasteiger partial charge in [0.05, 0.1) is 0 Å². The van der Waals surface area contributed by atoms with Crippen molar-refractivity contribution in [1.82, 2.24) is 0 Å². The molecule has 0 saturated heterocycles. The van der Waals surface area contributed by atoms with Crippen LogP contribution in [0.4, 0.5) is 0 Å². The van der Waals surface area contributed by atoms with Gasteiger partial charge in [0.25, 0.3) is 0 Å². The molecule has 0 fully saturated rings. The van der Waals surface area contributed by atoms with Crippen LogP contribution in [0.2, 0.25) is 0 Å². The number of rotatable bonds is 12. The predicted molar refractivity (Wildman–Crippen MR) is 185 cm³/mol. The van der Waals surface area contributed by atoms with Crippen molar-refractivity contribution in [3.63, 3.8) is 0 Å². The largest absolute Gasteiger partial charge is 0.0654 e. The maximum absolute atomic E-state index is 2.27. The fourth-order valence-electron chi connectivity index (χ4n) is 5.17. The first-order valence-electron chi connectivity index (χ1n) is 15.5. The molecule has 0 aliphatic heterocycles. The molecule has 0 atom stereocenters. The fourth-order valence-corrected chi connectivity index (χ4v) is 5.17. The molecule has 0 spiro atoms. The lowest BCUT2D eigenvalue weighted by Gasteiger charge is -2.05. The normalized spacial score (nSPS) is 11.5. The van der Waals surface area contributed by atoms with Crippen LogP contribution >= 0.6 is 0 Å². The highest BCUT2D eigenvalue weighted by molar-refractivity contribution is 5.75. The Morgan fingerprint density at radius 3 is 0.833 bits per heavy atom. The van der Waals surface area contributed by atoms with Gasteiger partial charge in [0.15, 0.2) is 0 Å². The third-order valence-electron chi connectivity index (χ3n) is 7.91. The van der Waals surface area contributed by atoms with Gasteiger partial charge in [0.1, 0.15) is 0 Å². The molecular formula is C42H42. The molecule has 0 amide bonds. The second-order valence-electron chi connectivity index (χ2n) is 11.2. The van der Waals surface area contributed by atoms with Crippen LogP contribution in [0.1, 0.15) is 72.9 Å². The fraction of sp³-hybridized carbons (Fsp3) is 0.190. The van der Waals surface area contributed by atoms with E-state index >= 15 is 0 Å². The Hall–Kier alpha value is -4.42. The Kier molecular flexibility index (Phi) is 10.4. The third kappa shape index (κ3) is 8.30. The average Bonchev–Trinajstić information content (AvgIpc) is 3.06. The van der Waals surface area contributed by atoms with E-state index in [1.807, 2.05) is 0 Å². The van der Waals surface area contributed by atoms with Crippen molar-refractivity contribution in [3.8, 4) is 22.3 Å². The molecule has 0 aromatic heterocycles. The minimum absolute atomic E-state index is 1.17. The van der Waals surface area contributed by atoms with Crippen LogP contribution < -0.4 is 0 Å². The van der Waals surface area contributed by atoms with Gasteiger partial charge in [-0.3, -0.25) is 0 Å². The van der Waals surface area contributed by atoms with Gasteiger partial charge in [-0.1, -0.05) is 172 Å². The molecule has 0 N–H and O–H groups in total. The maximum atomic E-state index is 2.27. The molecule has 0 heterocycles. The van der Waals surface area contributed by atoms with E-state index in [1.165, 1.54) is 94.2 Å². The second-order valence-corrected chi connectivity index (χ2v) is 11.2. The summed E-state index contributed by atoms with van der Waals surface area (Å²) in [6.07, 6.45) is 16.0. The van der Waals surface area contributed by atoms with Gasteiger partial charge < -0.3 is 0 Å². The zero-order valence-electron chi connectivity index (χ0n) is 25.1. The van der Waals surface area contributed by atoms with Crippen LogP contribution in [0.15, 0.2) is 121 Å². The van der Waals surface area contributed by atoms with Crippen molar-refractivity contribution in [2.45, 2.75) is 52.4 Å². The molecule has 5 aromatic rings. The smallest absolute Gasteiger partial charge is 0.0184 e. The minimum atomic E-state index is 1.17. The summed E-state index contributed by atoms with van der Waals surface area (Å²) in [6, 6.07) is 44.4. The van der Waals surface area contributed by atoms with Crippen LogP contribution in [-0.2, 0) is 12.8 Å². The Bertz CT molecular complexity index is 1440.